The Kier molecular flexibility index (Phi) is 4.74. The average molecular weight is 288 g/mol. The Morgan fingerprint density at radius 2 is 2.10 bits per heavy atom. The highest BCUT2D eigenvalue weighted by molar-refractivity contribution is 5.21. The van der Waals surface area contributed by atoms with Crippen molar-refractivity contribution in [3.8, 4) is 11.6 Å². The molecule has 0 spiro atoms. The van der Waals surface area contributed by atoms with E-state index in [4.69, 9.17) is 14.0 Å². The third kappa shape index (κ3) is 4.23. The van der Waals surface area contributed by atoms with Gasteiger partial charge in [0.2, 0.25) is 0 Å². The number of nitrogens with zero attached hydrogens (tertiary/aromatic N) is 1. The van der Waals surface area contributed by atoms with Crippen molar-refractivity contribution in [2.24, 2.45) is 0 Å². The van der Waals surface area contributed by atoms with Crippen LogP contribution in [-0.2, 0) is 6.61 Å². The highest BCUT2D eigenvalue weighted by atomic mass is 16.5. The van der Waals surface area contributed by atoms with E-state index in [0.29, 0.717) is 30.9 Å². The van der Waals surface area contributed by atoms with Crippen LogP contribution < -0.4 is 14.8 Å². The van der Waals surface area contributed by atoms with Crippen molar-refractivity contribution < 1.29 is 14.0 Å². The lowest BCUT2D eigenvalue weighted by Gasteiger charge is -2.22. The summed E-state index contributed by atoms with van der Waals surface area (Å²) in [7, 11) is 0. The minimum atomic E-state index is 0.349. The van der Waals surface area contributed by atoms with E-state index in [1.165, 1.54) is 12.8 Å². The monoisotopic (exact) mass is 288 g/mol. The van der Waals surface area contributed by atoms with Gasteiger partial charge < -0.3 is 19.3 Å². The maximum absolute atomic E-state index is 5.66. The summed E-state index contributed by atoms with van der Waals surface area (Å²) in [4.78, 5) is 0. The zero-order valence-corrected chi connectivity index (χ0v) is 12.0. The highest BCUT2D eigenvalue weighted by Crippen LogP contribution is 2.16. The predicted octanol–water partition coefficient (Wildman–Crippen LogP) is 2.77. The lowest BCUT2D eigenvalue weighted by atomic mass is 10.1. The molecule has 1 aliphatic rings. The standard InChI is InChI=1S/C16H20N2O3/c1-2-7-14(8-3-1)19-12-15-10-16(18-21-15)20-11-13-6-4-5-9-17-13/h1-3,7-8,10,13,17H,4-6,9,11-12H2. The summed E-state index contributed by atoms with van der Waals surface area (Å²) in [6.45, 7) is 2.05. The number of piperidine rings is 1. The molecule has 1 aliphatic heterocycles. The number of ether oxygens (including phenoxy) is 2. The van der Waals surface area contributed by atoms with Gasteiger partial charge in [-0.2, -0.15) is 0 Å². The molecule has 2 heterocycles. The fraction of sp³-hybridized carbons (Fsp3) is 0.438. The lowest BCUT2D eigenvalue weighted by molar-refractivity contribution is 0.214. The minimum absolute atomic E-state index is 0.349. The Morgan fingerprint density at radius 1 is 1.19 bits per heavy atom. The Hall–Kier alpha value is -2.01. The van der Waals surface area contributed by atoms with E-state index in [0.717, 1.165) is 18.7 Å². The first-order valence-corrected chi connectivity index (χ1v) is 7.40. The molecule has 2 aromatic rings. The number of nitrogens with one attached hydrogen (secondary N) is 1. The Balaban J connectivity index is 1.45. The summed E-state index contributed by atoms with van der Waals surface area (Å²) < 4.78 is 16.5. The average Bonchev–Trinajstić information content (AvgIpc) is 3.01. The van der Waals surface area contributed by atoms with E-state index in [1.807, 2.05) is 30.3 Å². The number of hydrogen-bond donors (Lipinski definition) is 1. The van der Waals surface area contributed by atoms with Crippen LogP contribution in [0.4, 0.5) is 0 Å². The van der Waals surface area contributed by atoms with Crippen LogP contribution in [0.25, 0.3) is 0 Å². The van der Waals surface area contributed by atoms with Crippen molar-refractivity contribution >= 4 is 0 Å². The van der Waals surface area contributed by atoms with Crippen LogP contribution in [0.15, 0.2) is 40.9 Å². The Morgan fingerprint density at radius 3 is 2.90 bits per heavy atom. The smallest absolute Gasteiger partial charge is 0.254 e. The molecule has 1 saturated heterocycles. The fourth-order valence-corrected chi connectivity index (χ4v) is 2.35. The molecule has 5 heteroatoms. The van der Waals surface area contributed by atoms with Crippen LogP contribution in [0.3, 0.4) is 0 Å². The topological polar surface area (TPSA) is 56.5 Å². The van der Waals surface area contributed by atoms with Gasteiger partial charge in [0.25, 0.3) is 5.88 Å². The quantitative estimate of drug-likeness (QED) is 0.885. The fourth-order valence-electron chi connectivity index (χ4n) is 2.35. The summed E-state index contributed by atoms with van der Waals surface area (Å²) in [6.07, 6.45) is 3.67. The van der Waals surface area contributed by atoms with Gasteiger partial charge in [0, 0.05) is 12.1 Å². The molecule has 1 atom stereocenters. The van der Waals surface area contributed by atoms with E-state index < -0.39 is 0 Å². The Labute approximate surface area is 124 Å². The van der Waals surface area contributed by atoms with Crippen LogP contribution in [0.2, 0.25) is 0 Å². The molecule has 0 bridgehead atoms. The second-order valence-corrected chi connectivity index (χ2v) is 5.19. The molecule has 1 N–H and O–H groups in total. The molecule has 0 amide bonds. The molecule has 1 fully saturated rings. The number of para-hydroxylation sites is 1. The first kappa shape index (κ1) is 13.9. The zero-order chi connectivity index (χ0) is 14.3. The molecular formula is C16H20N2O3. The second kappa shape index (κ2) is 7.13. The van der Waals surface area contributed by atoms with Crippen molar-refractivity contribution in [2.45, 2.75) is 31.9 Å². The van der Waals surface area contributed by atoms with Gasteiger partial charge in [-0.25, -0.2) is 0 Å². The highest BCUT2D eigenvalue weighted by Gasteiger charge is 2.14. The number of benzene rings is 1. The number of rotatable bonds is 6. The van der Waals surface area contributed by atoms with Crippen LogP contribution in [-0.4, -0.2) is 24.4 Å². The van der Waals surface area contributed by atoms with E-state index in [9.17, 15) is 0 Å². The van der Waals surface area contributed by atoms with E-state index in [2.05, 4.69) is 10.5 Å². The summed E-state index contributed by atoms with van der Waals surface area (Å²) in [5, 5.41) is 7.34. The SMILES string of the molecule is c1ccc(OCc2cc(OCC3CCCCN3)no2)cc1. The van der Waals surface area contributed by atoms with Gasteiger partial charge in [-0.1, -0.05) is 24.6 Å². The molecule has 112 valence electrons. The predicted molar refractivity (Wildman–Crippen MR) is 78.4 cm³/mol. The zero-order valence-electron chi connectivity index (χ0n) is 12.0. The van der Waals surface area contributed by atoms with Crippen molar-refractivity contribution in [3.63, 3.8) is 0 Å². The van der Waals surface area contributed by atoms with Gasteiger partial charge in [0.15, 0.2) is 5.76 Å². The van der Waals surface area contributed by atoms with Crippen molar-refractivity contribution in [1.82, 2.24) is 10.5 Å². The van der Waals surface area contributed by atoms with Gasteiger partial charge in [0.1, 0.15) is 19.0 Å². The van der Waals surface area contributed by atoms with Gasteiger partial charge in [-0.15, -0.1) is 0 Å². The molecule has 1 unspecified atom stereocenters. The summed E-state index contributed by atoms with van der Waals surface area (Å²) in [5.74, 6) is 1.99. The third-order valence-corrected chi connectivity index (χ3v) is 3.51. The molecular weight excluding hydrogens is 268 g/mol. The lowest BCUT2D eigenvalue weighted by Crippen LogP contribution is -2.38. The van der Waals surface area contributed by atoms with Crippen LogP contribution in [0, 0.1) is 0 Å². The third-order valence-electron chi connectivity index (χ3n) is 3.51. The van der Waals surface area contributed by atoms with Crippen LogP contribution in [0.5, 0.6) is 11.6 Å². The van der Waals surface area contributed by atoms with E-state index >= 15 is 0 Å². The summed E-state index contributed by atoms with van der Waals surface area (Å²) in [5.41, 5.74) is 0. The van der Waals surface area contributed by atoms with E-state index in [1.54, 1.807) is 6.07 Å². The summed E-state index contributed by atoms with van der Waals surface area (Å²) >= 11 is 0. The van der Waals surface area contributed by atoms with Crippen LogP contribution in [0.1, 0.15) is 25.0 Å². The van der Waals surface area contributed by atoms with Gasteiger partial charge in [-0.05, 0) is 36.7 Å². The molecule has 0 saturated carbocycles. The normalized spacial score (nSPS) is 18.4. The van der Waals surface area contributed by atoms with E-state index in [-0.39, 0.29) is 0 Å². The maximum Gasteiger partial charge on any atom is 0.254 e. The van der Waals surface area contributed by atoms with Crippen molar-refractivity contribution in [2.75, 3.05) is 13.2 Å². The molecule has 0 aliphatic carbocycles. The van der Waals surface area contributed by atoms with Crippen LogP contribution >= 0.6 is 0 Å². The number of aromatic nitrogens is 1. The van der Waals surface area contributed by atoms with Crippen molar-refractivity contribution in [3.05, 3.63) is 42.2 Å². The van der Waals surface area contributed by atoms with Crippen molar-refractivity contribution in [1.29, 1.82) is 0 Å². The first-order chi connectivity index (χ1) is 10.4. The molecule has 1 aromatic heterocycles. The molecule has 21 heavy (non-hydrogen) atoms. The molecule has 5 nitrogen and oxygen atoms in total. The largest absolute Gasteiger partial charge is 0.486 e. The van der Waals surface area contributed by atoms with Gasteiger partial charge >= 0.3 is 0 Å². The molecule has 0 radical (unpaired) electrons. The minimum Gasteiger partial charge on any atom is -0.486 e. The van der Waals surface area contributed by atoms with Gasteiger partial charge in [-0.3, -0.25) is 0 Å². The Bertz CT molecular complexity index is 535. The first-order valence-electron chi connectivity index (χ1n) is 7.40. The van der Waals surface area contributed by atoms with Gasteiger partial charge in [0.05, 0.1) is 0 Å². The summed E-state index contributed by atoms with van der Waals surface area (Å²) in [6, 6.07) is 11.8. The molecule has 3 rings (SSSR count). The molecule has 1 aromatic carbocycles. The number of hydrogen-bond acceptors (Lipinski definition) is 5. The second-order valence-electron chi connectivity index (χ2n) is 5.19. The maximum atomic E-state index is 5.66.